The second-order valence-corrected chi connectivity index (χ2v) is 9.82. The molecule has 2 aromatic carbocycles. The molecular weight excluding hydrogens is 534 g/mol. The number of morpholine rings is 1. The lowest BCUT2D eigenvalue weighted by molar-refractivity contribution is -0.167. The van der Waals surface area contributed by atoms with Crippen LogP contribution in [0.2, 0.25) is 0 Å². The number of H-pyrrole nitrogens is 1. The smallest absolute Gasteiger partial charge is 0.439 e. The number of hydrogen-bond acceptors (Lipinski definition) is 9. The second-order valence-electron chi connectivity index (χ2n) is 9.82. The summed E-state index contributed by atoms with van der Waals surface area (Å²) >= 11 is 0. The highest BCUT2D eigenvalue weighted by atomic mass is 16.6. The largest absolute Gasteiger partial charge is 0.449 e. The van der Waals surface area contributed by atoms with E-state index >= 15 is 0 Å². The van der Waals surface area contributed by atoms with Crippen molar-refractivity contribution in [3.63, 3.8) is 0 Å². The van der Waals surface area contributed by atoms with Crippen molar-refractivity contribution in [2.75, 3.05) is 36.5 Å². The van der Waals surface area contributed by atoms with Crippen LogP contribution in [-0.4, -0.2) is 77.2 Å². The van der Waals surface area contributed by atoms with Crippen molar-refractivity contribution in [3.8, 4) is 11.4 Å². The quantitative estimate of drug-likeness (QED) is 0.408. The van der Waals surface area contributed by atoms with E-state index in [9.17, 15) is 24.0 Å². The molecule has 2 N–H and O–H groups in total. The van der Waals surface area contributed by atoms with Crippen molar-refractivity contribution in [1.29, 1.82) is 0 Å². The number of aryl methyl sites for hydroxylation is 1. The van der Waals surface area contributed by atoms with Crippen LogP contribution in [-0.2, 0) is 23.9 Å². The number of nitrogens with zero attached hydrogens (tertiary/aromatic N) is 3. The number of ether oxygens (including phenoxy) is 2. The number of carbonyl (C=O) groups is 4. The van der Waals surface area contributed by atoms with Gasteiger partial charge in [0.25, 0.3) is 17.7 Å². The van der Waals surface area contributed by atoms with Gasteiger partial charge in [-0.2, -0.15) is 0 Å². The normalized spacial score (nSPS) is 17.8. The molecule has 0 saturated carbocycles. The molecule has 2 aliphatic rings. The highest BCUT2D eigenvalue weighted by molar-refractivity contribution is 6.05. The van der Waals surface area contributed by atoms with Gasteiger partial charge in [0.15, 0.2) is 11.9 Å². The standard InChI is InChI=1S/C28H29N5O8/c1-16-5-6-19(26(36)32-11-3-4-12-32)15-21(16)33-13-14-39-23(27(33)37)22(40-17(2)34)25(35)29-20-9-7-18(8-10-20)24-30-28(38)41-31-24/h5-10,15,22-23H,3-4,11-14H2,1-2H3,(H,29,35)(H,30,31,38). The Bertz CT molecular complexity index is 1520. The van der Waals surface area contributed by atoms with E-state index in [0.717, 1.165) is 25.3 Å². The fourth-order valence-corrected chi connectivity index (χ4v) is 4.91. The predicted octanol–water partition coefficient (Wildman–Crippen LogP) is 1.88. The molecule has 2 unspecified atom stereocenters. The molecule has 3 heterocycles. The van der Waals surface area contributed by atoms with E-state index in [1.807, 2.05) is 6.92 Å². The number of likely N-dealkylation sites (tertiary alicyclic amines) is 1. The molecule has 41 heavy (non-hydrogen) atoms. The van der Waals surface area contributed by atoms with Gasteiger partial charge in [0, 0.05) is 49.1 Å². The molecular formula is C28H29N5O8. The number of amides is 3. The van der Waals surface area contributed by atoms with Crippen molar-refractivity contribution >= 4 is 35.1 Å². The topological polar surface area (TPSA) is 164 Å². The van der Waals surface area contributed by atoms with Crippen LogP contribution in [0, 0.1) is 6.92 Å². The summed E-state index contributed by atoms with van der Waals surface area (Å²) in [4.78, 5) is 68.8. The first-order valence-corrected chi connectivity index (χ1v) is 13.2. The average Bonchev–Trinajstić information content (AvgIpc) is 3.65. The molecule has 13 heteroatoms. The van der Waals surface area contributed by atoms with Crippen molar-refractivity contribution < 1.29 is 33.2 Å². The number of nitrogens with one attached hydrogen (secondary N) is 2. The Morgan fingerprint density at radius 3 is 2.46 bits per heavy atom. The molecule has 2 atom stereocenters. The molecule has 0 bridgehead atoms. The van der Waals surface area contributed by atoms with Crippen molar-refractivity contribution in [1.82, 2.24) is 15.0 Å². The molecule has 13 nitrogen and oxygen atoms in total. The first-order valence-electron chi connectivity index (χ1n) is 13.2. The maximum Gasteiger partial charge on any atom is 0.439 e. The maximum atomic E-state index is 13.7. The van der Waals surface area contributed by atoms with Crippen molar-refractivity contribution in [2.24, 2.45) is 0 Å². The van der Waals surface area contributed by atoms with E-state index < -0.39 is 35.7 Å². The third-order valence-corrected chi connectivity index (χ3v) is 6.95. The lowest BCUT2D eigenvalue weighted by atomic mass is 10.0. The third-order valence-electron chi connectivity index (χ3n) is 6.95. The van der Waals surface area contributed by atoms with Gasteiger partial charge in [-0.3, -0.25) is 28.7 Å². The van der Waals surface area contributed by atoms with Crippen LogP contribution in [0.15, 0.2) is 51.8 Å². The van der Waals surface area contributed by atoms with Gasteiger partial charge in [0.2, 0.25) is 6.10 Å². The predicted molar refractivity (Wildman–Crippen MR) is 145 cm³/mol. The minimum absolute atomic E-state index is 0.0792. The SMILES string of the molecule is CC(=O)OC(C(=O)Nc1ccc(-c2noc(=O)[nH]2)cc1)C1OCCN(c2cc(C(=O)N3CCCC3)ccc2C)C1=O. The fourth-order valence-electron chi connectivity index (χ4n) is 4.91. The molecule has 5 rings (SSSR count). The average molecular weight is 564 g/mol. The number of rotatable bonds is 7. The summed E-state index contributed by atoms with van der Waals surface area (Å²) in [6, 6.07) is 11.5. The van der Waals surface area contributed by atoms with Crippen LogP contribution in [0.1, 0.15) is 35.7 Å². The molecule has 0 spiro atoms. The van der Waals surface area contributed by atoms with Crippen LogP contribution < -0.4 is 16.0 Å². The van der Waals surface area contributed by atoms with E-state index in [1.54, 1.807) is 47.4 Å². The molecule has 0 aliphatic carbocycles. The zero-order chi connectivity index (χ0) is 29.1. The zero-order valence-electron chi connectivity index (χ0n) is 22.5. The first-order chi connectivity index (χ1) is 19.7. The molecule has 3 aromatic rings. The summed E-state index contributed by atoms with van der Waals surface area (Å²) in [6.45, 7) is 4.63. The number of esters is 1. The minimum atomic E-state index is -1.58. The lowest BCUT2D eigenvalue weighted by Crippen LogP contribution is -2.56. The van der Waals surface area contributed by atoms with Gasteiger partial charge in [-0.25, -0.2) is 4.79 Å². The molecule has 2 fully saturated rings. The van der Waals surface area contributed by atoms with Crippen LogP contribution >= 0.6 is 0 Å². The Morgan fingerprint density at radius 1 is 1.07 bits per heavy atom. The number of carbonyl (C=O) groups excluding carboxylic acids is 4. The van der Waals surface area contributed by atoms with E-state index in [0.29, 0.717) is 35.6 Å². The van der Waals surface area contributed by atoms with E-state index in [1.165, 1.54) is 4.90 Å². The highest BCUT2D eigenvalue weighted by Crippen LogP contribution is 2.28. The van der Waals surface area contributed by atoms with Crippen molar-refractivity contribution in [3.05, 3.63) is 64.1 Å². The summed E-state index contributed by atoms with van der Waals surface area (Å²) in [6.07, 6.45) is -1.07. The summed E-state index contributed by atoms with van der Waals surface area (Å²) < 4.78 is 15.5. The molecule has 2 aliphatic heterocycles. The molecule has 2 saturated heterocycles. The van der Waals surface area contributed by atoms with Gasteiger partial charge in [0.1, 0.15) is 0 Å². The third kappa shape index (κ3) is 6.04. The molecule has 3 amide bonds. The van der Waals surface area contributed by atoms with E-state index in [2.05, 4.69) is 20.0 Å². The number of hydrogen-bond donors (Lipinski definition) is 2. The van der Waals surface area contributed by atoms with Gasteiger partial charge < -0.3 is 24.6 Å². The van der Waals surface area contributed by atoms with Crippen molar-refractivity contribution in [2.45, 2.75) is 38.9 Å². The Labute approximate surface area is 234 Å². The first kappa shape index (κ1) is 27.8. The molecule has 214 valence electrons. The Balaban J connectivity index is 1.35. The fraction of sp³-hybridized carbons (Fsp3) is 0.357. The molecule has 1 aromatic heterocycles. The summed E-state index contributed by atoms with van der Waals surface area (Å²) in [5.74, 6) is -2.69. The highest BCUT2D eigenvalue weighted by Gasteiger charge is 2.43. The minimum Gasteiger partial charge on any atom is -0.449 e. The Morgan fingerprint density at radius 2 is 1.80 bits per heavy atom. The Hall–Kier alpha value is -4.78. The van der Waals surface area contributed by atoms with Crippen LogP contribution in [0.3, 0.4) is 0 Å². The number of aromatic amines is 1. The van der Waals surface area contributed by atoms with Gasteiger partial charge in [-0.15, -0.1) is 0 Å². The van der Waals surface area contributed by atoms with Crippen LogP contribution in [0.25, 0.3) is 11.4 Å². The van der Waals surface area contributed by atoms with Gasteiger partial charge >= 0.3 is 11.7 Å². The number of anilines is 2. The second kappa shape index (κ2) is 11.8. The number of benzene rings is 2. The van der Waals surface area contributed by atoms with E-state index in [-0.39, 0.29) is 24.9 Å². The zero-order valence-corrected chi connectivity index (χ0v) is 22.5. The van der Waals surface area contributed by atoms with Gasteiger partial charge in [-0.05, 0) is 61.7 Å². The monoisotopic (exact) mass is 563 g/mol. The lowest BCUT2D eigenvalue weighted by Gasteiger charge is -2.36. The summed E-state index contributed by atoms with van der Waals surface area (Å²) in [5.41, 5.74) is 2.63. The summed E-state index contributed by atoms with van der Waals surface area (Å²) in [5, 5.41) is 6.25. The maximum absolute atomic E-state index is 13.7. The molecule has 0 radical (unpaired) electrons. The van der Waals surface area contributed by atoms with Gasteiger partial charge in [0.05, 0.1) is 6.61 Å². The Kier molecular flexibility index (Phi) is 7.97. The van der Waals surface area contributed by atoms with E-state index in [4.69, 9.17) is 9.47 Å². The van der Waals surface area contributed by atoms with Crippen LogP contribution in [0.4, 0.5) is 11.4 Å². The van der Waals surface area contributed by atoms with Gasteiger partial charge in [-0.1, -0.05) is 11.2 Å². The number of aromatic nitrogens is 2. The summed E-state index contributed by atoms with van der Waals surface area (Å²) in [7, 11) is 0. The van der Waals surface area contributed by atoms with Crippen LogP contribution in [0.5, 0.6) is 0 Å².